The lowest BCUT2D eigenvalue weighted by molar-refractivity contribution is 0.724. The molecule has 1 aromatic heterocycles. The maximum absolute atomic E-state index is 5.99. The zero-order chi connectivity index (χ0) is 13.8. The molecule has 0 spiro atoms. The molecule has 1 aromatic carbocycles. The van der Waals surface area contributed by atoms with E-state index in [2.05, 4.69) is 25.4 Å². The van der Waals surface area contributed by atoms with Gasteiger partial charge in [-0.2, -0.15) is 4.98 Å². The SMILES string of the molecule is Clc1cccc(Cc2nc(N3CCCNCC3)n[nH]2)c1. The minimum absolute atomic E-state index is 0.722. The Morgan fingerprint density at radius 2 is 2.20 bits per heavy atom. The number of halogens is 1. The van der Waals surface area contributed by atoms with Gasteiger partial charge in [-0.25, -0.2) is 0 Å². The van der Waals surface area contributed by atoms with Crippen molar-refractivity contribution in [2.45, 2.75) is 12.8 Å². The summed E-state index contributed by atoms with van der Waals surface area (Å²) in [7, 11) is 0. The molecule has 0 radical (unpaired) electrons. The highest BCUT2D eigenvalue weighted by molar-refractivity contribution is 6.30. The Hall–Kier alpha value is -1.59. The molecule has 5 nitrogen and oxygen atoms in total. The number of nitrogens with zero attached hydrogens (tertiary/aromatic N) is 3. The van der Waals surface area contributed by atoms with E-state index in [-0.39, 0.29) is 0 Å². The number of nitrogens with one attached hydrogen (secondary N) is 2. The number of aromatic nitrogens is 3. The van der Waals surface area contributed by atoms with Gasteiger partial charge in [0, 0.05) is 31.1 Å². The highest BCUT2D eigenvalue weighted by Gasteiger charge is 2.14. The highest BCUT2D eigenvalue weighted by Crippen LogP contribution is 2.15. The summed E-state index contributed by atoms with van der Waals surface area (Å²) in [6.07, 6.45) is 1.85. The average molecular weight is 292 g/mol. The van der Waals surface area contributed by atoms with Gasteiger partial charge in [0.1, 0.15) is 5.82 Å². The number of hydrogen-bond donors (Lipinski definition) is 2. The van der Waals surface area contributed by atoms with Crippen molar-refractivity contribution in [2.75, 3.05) is 31.1 Å². The van der Waals surface area contributed by atoms with Gasteiger partial charge in [-0.3, -0.25) is 5.10 Å². The van der Waals surface area contributed by atoms with Crippen molar-refractivity contribution in [1.29, 1.82) is 0 Å². The molecule has 6 heteroatoms. The van der Waals surface area contributed by atoms with Crippen molar-refractivity contribution in [3.05, 3.63) is 40.7 Å². The van der Waals surface area contributed by atoms with Gasteiger partial charge in [-0.1, -0.05) is 23.7 Å². The molecule has 0 bridgehead atoms. The zero-order valence-corrected chi connectivity index (χ0v) is 12.0. The van der Waals surface area contributed by atoms with Crippen LogP contribution >= 0.6 is 11.6 Å². The minimum atomic E-state index is 0.722. The molecule has 1 saturated heterocycles. The highest BCUT2D eigenvalue weighted by atomic mass is 35.5. The summed E-state index contributed by atoms with van der Waals surface area (Å²) >= 11 is 5.99. The molecule has 2 heterocycles. The van der Waals surface area contributed by atoms with Crippen LogP contribution in [0.25, 0.3) is 0 Å². The number of anilines is 1. The first-order valence-corrected chi connectivity index (χ1v) is 7.30. The zero-order valence-electron chi connectivity index (χ0n) is 11.3. The van der Waals surface area contributed by atoms with Crippen LogP contribution in [0.4, 0.5) is 5.95 Å². The van der Waals surface area contributed by atoms with Crippen LogP contribution in [0.3, 0.4) is 0 Å². The fraction of sp³-hybridized carbons (Fsp3) is 0.429. The van der Waals surface area contributed by atoms with Crippen LogP contribution in [0.5, 0.6) is 0 Å². The Labute approximate surface area is 123 Å². The lowest BCUT2D eigenvalue weighted by Crippen LogP contribution is -2.28. The predicted molar refractivity (Wildman–Crippen MR) is 80.3 cm³/mol. The summed E-state index contributed by atoms with van der Waals surface area (Å²) in [6.45, 7) is 4.00. The van der Waals surface area contributed by atoms with Crippen LogP contribution in [0, 0.1) is 0 Å². The van der Waals surface area contributed by atoms with E-state index in [0.29, 0.717) is 0 Å². The van der Waals surface area contributed by atoms with E-state index in [1.807, 2.05) is 24.3 Å². The fourth-order valence-corrected chi connectivity index (χ4v) is 2.60. The predicted octanol–water partition coefficient (Wildman–Crippen LogP) is 1.85. The molecule has 0 aliphatic carbocycles. The van der Waals surface area contributed by atoms with Gasteiger partial charge in [0.25, 0.3) is 0 Å². The molecule has 0 atom stereocenters. The fourth-order valence-electron chi connectivity index (χ4n) is 2.39. The van der Waals surface area contributed by atoms with E-state index in [1.54, 1.807) is 0 Å². The standard InChI is InChI=1S/C14H18ClN5/c15-12-4-1-3-11(9-12)10-13-17-14(19-18-13)20-7-2-5-16-6-8-20/h1,3-4,9,16H,2,5-8,10H2,(H,17,18,19). The van der Waals surface area contributed by atoms with Crippen LogP contribution in [-0.4, -0.2) is 41.4 Å². The summed E-state index contributed by atoms with van der Waals surface area (Å²) in [5, 5.41) is 11.5. The van der Waals surface area contributed by atoms with Gasteiger partial charge in [0.2, 0.25) is 5.95 Å². The molecule has 2 aromatic rings. The van der Waals surface area contributed by atoms with Crippen molar-refractivity contribution < 1.29 is 0 Å². The molecule has 1 fully saturated rings. The molecule has 0 amide bonds. The first-order valence-electron chi connectivity index (χ1n) is 6.93. The molecule has 106 valence electrons. The van der Waals surface area contributed by atoms with Crippen LogP contribution in [0.1, 0.15) is 17.8 Å². The van der Waals surface area contributed by atoms with Gasteiger partial charge >= 0.3 is 0 Å². The lowest BCUT2D eigenvalue weighted by Gasteiger charge is -2.16. The Morgan fingerprint density at radius 1 is 1.25 bits per heavy atom. The molecule has 0 unspecified atom stereocenters. The Balaban J connectivity index is 1.70. The maximum atomic E-state index is 5.99. The molecular weight excluding hydrogens is 274 g/mol. The summed E-state index contributed by atoms with van der Waals surface area (Å²) in [4.78, 5) is 6.81. The molecule has 20 heavy (non-hydrogen) atoms. The second-order valence-electron chi connectivity index (χ2n) is 4.98. The molecule has 0 saturated carbocycles. The largest absolute Gasteiger partial charge is 0.338 e. The first-order chi connectivity index (χ1) is 9.81. The van der Waals surface area contributed by atoms with Gasteiger partial charge in [0.15, 0.2) is 0 Å². The van der Waals surface area contributed by atoms with Gasteiger partial charge in [-0.15, -0.1) is 5.10 Å². The smallest absolute Gasteiger partial charge is 0.244 e. The monoisotopic (exact) mass is 291 g/mol. The number of benzene rings is 1. The molecular formula is C14H18ClN5. The normalized spacial score (nSPS) is 16.1. The van der Waals surface area contributed by atoms with Crippen LogP contribution < -0.4 is 10.2 Å². The third-order valence-corrected chi connectivity index (χ3v) is 3.64. The van der Waals surface area contributed by atoms with Crippen molar-refractivity contribution in [1.82, 2.24) is 20.5 Å². The van der Waals surface area contributed by atoms with Crippen LogP contribution in [0.2, 0.25) is 5.02 Å². The quantitative estimate of drug-likeness (QED) is 0.906. The van der Waals surface area contributed by atoms with E-state index in [1.165, 1.54) is 0 Å². The third kappa shape index (κ3) is 3.29. The van der Waals surface area contributed by atoms with E-state index >= 15 is 0 Å². The lowest BCUT2D eigenvalue weighted by atomic mass is 10.1. The molecule has 3 rings (SSSR count). The van der Waals surface area contributed by atoms with Crippen molar-refractivity contribution in [3.8, 4) is 0 Å². The first kappa shape index (κ1) is 13.4. The number of rotatable bonds is 3. The van der Waals surface area contributed by atoms with E-state index in [4.69, 9.17) is 11.6 Å². The van der Waals surface area contributed by atoms with Crippen LogP contribution in [0.15, 0.2) is 24.3 Å². The van der Waals surface area contributed by atoms with Crippen LogP contribution in [-0.2, 0) is 6.42 Å². The summed E-state index contributed by atoms with van der Waals surface area (Å²) in [5.74, 6) is 1.67. The molecule has 1 aliphatic heterocycles. The second kappa shape index (κ2) is 6.24. The van der Waals surface area contributed by atoms with Gasteiger partial charge in [-0.05, 0) is 30.7 Å². The Bertz CT molecular complexity index is 560. The molecule has 2 N–H and O–H groups in total. The van der Waals surface area contributed by atoms with Gasteiger partial charge < -0.3 is 10.2 Å². The van der Waals surface area contributed by atoms with E-state index in [9.17, 15) is 0 Å². The van der Waals surface area contributed by atoms with E-state index < -0.39 is 0 Å². The van der Waals surface area contributed by atoms with Crippen molar-refractivity contribution in [2.24, 2.45) is 0 Å². The summed E-state index contributed by atoms with van der Waals surface area (Å²) < 4.78 is 0. The maximum Gasteiger partial charge on any atom is 0.244 e. The van der Waals surface area contributed by atoms with Gasteiger partial charge in [0.05, 0.1) is 0 Å². The molecule has 1 aliphatic rings. The van der Waals surface area contributed by atoms with Crippen molar-refractivity contribution in [3.63, 3.8) is 0 Å². The summed E-state index contributed by atoms with van der Waals surface area (Å²) in [6, 6.07) is 7.83. The average Bonchev–Trinajstić information content (AvgIpc) is 2.73. The van der Waals surface area contributed by atoms with E-state index in [0.717, 1.165) is 61.4 Å². The third-order valence-electron chi connectivity index (χ3n) is 3.40. The number of hydrogen-bond acceptors (Lipinski definition) is 4. The Morgan fingerprint density at radius 3 is 3.10 bits per heavy atom. The second-order valence-corrected chi connectivity index (χ2v) is 5.42. The number of H-pyrrole nitrogens is 1. The summed E-state index contributed by atoms with van der Waals surface area (Å²) in [5.41, 5.74) is 1.14. The topological polar surface area (TPSA) is 56.8 Å². The number of aromatic amines is 1. The van der Waals surface area contributed by atoms with Crippen molar-refractivity contribution >= 4 is 17.5 Å². The Kier molecular flexibility index (Phi) is 4.18. The minimum Gasteiger partial charge on any atom is -0.338 e.